The maximum absolute atomic E-state index is 11.7. The maximum atomic E-state index is 11.7. The Kier molecular flexibility index (Phi) is 7.75. The van der Waals surface area contributed by atoms with Gasteiger partial charge >= 0.3 is 0 Å². The molecule has 0 saturated carbocycles. The van der Waals surface area contributed by atoms with Crippen molar-refractivity contribution in [2.24, 2.45) is 11.8 Å². The minimum atomic E-state index is -0.278. The molecule has 0 aliphatic rings. The predicted molar refractivity (Wildman–Crippen MR) is 91.3 cm³/mol. The number of rotatable bonds is 7. The number of carbonyl (C=O) groups excluding carboxylic acids is 2. The Hall–Kier alpha value is -1.88. The van der Waals surface area contributed by atoms with Crippen LogP contribution in [0.1, 0.15) is 51.8 Å². The number of amides is 2. The van der Waals surface area contributed by atoms with Crippen molar-refractivity contribution in [3.8, 4) is 0 Å². The third-order valence-corrected chi connectivity index (χ3v) is 3.66. The van der Waals surface area contributed by atoms with Gasteiger partial charge in [0.05, 0.1) is 0 Å². The van der Waals surface area contributed by atoms with Gasteiger partial charge in [-0.2, -0.15) is 0 Å². The topological polar surface area (TPSA) is 74.8 Å². The lowest BCUT2D eigenvalue weighted by Crippen LogP contribution is -2.88. The minimum absolute atomic E-state index is 0.206. The molecule has 0 spiro atoms. The quantitative estimate of drug-likeness (QED) is 0.663. The smallest absolute Gasteiger partial charge is 0.293 e. The molecule has 0 unspecified atom stereocenters. The Balaban J connectivity index is 2.64. The number of hydrogen-bond acceptors (Lipinski definition) is 2. The number of hydrogen-bond donors (Lipinski definition) is 3. The van der Waals surface area contributed by atoms with Crippen LogP contribution in [-0.2, 0) is 16.0 Å². The van der Waals surface area contributed by atoms with Crippen molar-refractivity contribution in [2.75, 3.05) is 6.54 Å². The standard InChI is InChI=1S/C18H29N3O2/c1-12(2)10-15-6-8-16(9-7-15)18(13(3)4)19-11-17(23)21-20-14(5)22/h6-9,12-13,18-19H,10-11H2,1-5H3,(H,20,22)(H,21,23)/p+1/t18-/m0/s1. The largest absolute Gasteiger partial charge is 0.332 e. The van der Waals surface area contributed by atoms with Crippen LogP contribution in [0.15, 0.2) is 24.3 Å². The molecule has 1 atom stereocenters. The molecule has 1 rings (SSSR count). The minimum Gasteiger partial charge on any atom is -0.332 e. The van der Waals surface area contributed by atoms with Crippen LogP contribution in [0.2, 0.25) is 0 Å². The van der Waals surface area contributed by atoms with E-state index >= 15 is 0 Å². The first kappa shape index (κ1) is 19.2. The van der Waals surface area contributed by atoms with Gasteiger partial charge in [-0.1, -0.05) is 52.0 Å². The van der Waals surface area contributed by atoms with E-state index in [0.717, 1.165) is 6.42 Å². The van der Waals surface area contributed by atoms with Gasteiger partial charge in [0.2, 0.25) is 5.91 Å². The van der Waals surface area contributed by atoms with E-state index in [9.17, 15) is 9.59 Å². The van der Waals surface area contributed by atoms with Gasteiger partial charge in [0.25, 0.3) is 5.91 Å². The first-order chi connectivity index (χ1) is 10.8. The van der Waals surface area contributed by atoms with E-state index in [1.807, 2.05) is 5.32 Å². The highest BCUT2D eigenvalue weighted by atomic mass is 16.2. The fraction of sp³-hybridized carbons (Fsp3) is 0.556. The molecule has 0 aliphatic carbocycles. The lowest BCUT2D eigenvalue weighted by molar-refractivity contribution is -0.692. The van der Waals surface area contributed by atoms with Crippen molar-refractivity contribution < 1.29 is 14.9 Å². The third-order valence-electron chi connectivity index (χ3n) is 3.66. The molecular formula is C18H30N3O2+. The number of quaternary nitrogens is 1. The fourth-order valence-corrected chi connectivity index (χ4v) is 2.58. The summed E-state index contributed by atoms with van der Waals surface area (Å²) in [4.78, 5) is 22.5. The summed E-state index contributed by atoms with van der Waals surface area (Å²) in [5.74, 6) is 0.562. The molecule has 0 fully saturated rings. The van der Waals surface area contributed by atoms with E-state index in [4.69, 9.17) is 0 Å². The van der Waals surface area contributed by atoms with E-state index in [2.05, 4.69) is 62.8 Å². The number of nitrogens with one attached hydrogen (secondary N) is 2. The maximum Gasteiger partial charge on any atom is 0.293 e. The van der Waals surface area contributed by atoms with Crippen molar-refractivity contribution in [3.05, 3.63) is 35.4 Å². The fourth-order valence-electron chi connectivity index (χ4n) is 2.58. The number of nitrogens with two attached hydrogens (primary N) is 1. The van der Waals surface area contributed by atoms with Crippen LogP contribution in [0.4, 0.5) is 0 Å². The molecule has 0 radical (unpaired) electrons. The number of benzene rings is 1. The molecule has 0 bridgehead atoms. The Morgan fingerprint density at radius 1 is 1.04 bits per heavy atom. The summed E-state index contributed by atoms with van der Waals surface area (Å²) in [7, 11) is 0. The molecule has 1 aromatic carbocycles. The van der Waals surface area contributed by atoms with E-state index in [-0.39, 0.29) is 24.4 Å². The zero-order valence-corrected chi connectivity index (χ0v) is 14.8. The van der Waals surface area contributed by atoms with Crippen molar-refractivity contribution in [2.45, 2.75) is 47.1 Å². The third kappa shape index (κ3) is 7.28. The molecule has 0 aromatic heterocycles. The van der Waals surface area contributed by atoms with Gasteiger partial charge in [-0.15, -0.1) is 0 Å². The van der Waals surface area contributed by atoms with Crippen molar-refractivity contribution >= 4 is 11.8 Å². The summed E-state index contributed by atoms with van der Waals surface area (Å²) in [5, 5.41) is 2.01. The average Bonchev–Trinajstić information content (AvgIpc) is 2.46. The average molecular weight is 320 g/mol. The Morgan fingerprint density at radius 2 is 1.65 bits per heavy atom. The van der Waals surface area contributed by atoms with Crippen LogP contribution in [0, 0.1) is 11.8 Å². The Morgan fingerprint density at radius 3 is 2.13 bits per heavy atom. The molecule has 0 heterocycles. The second-order valence-electron chi connectivity index (χ2n) is 6.78. The summed E-state index contributed by atoms with van der Waals surface area (Å²) >= 11 is 0. The first-order valence-electron chi connectivity index (χ1n) is 8.27. The van der Waals surface area contributed by atoms with Crippen LogP contribution in [0.5, 0.6) is 0 Å². The summed E-state index contributed by atoms with van der Waals surface area (Å²) in [6.45, 7) is 10.4. The molecule has 1 aromatic rings. The van der Waals surface area contributed by atoms with E-state index in [1.54, 1.807) is 0 Å². The van der Waals surface area contributed by atoms with Crippen molar-refractivity contribution in [3.63, 3.8) is 0 Å². The van der Waals surface area contributed by atoms with Crippen molar-refractivity contribution in [1.82, 2.24) is 10.9 Å². The van der Waals surface area contributed by atoms with Gasteiger partial charge < -0.3 is 5.32 Å². The molecule has 4 N–H and O–H groups in total. The van der Waals surface area contributed by atoms with Crippen molar-refractivity contribution in [1.29, 1.82) is 0 Å². The molecule has 0 saturated heterocycles. The number of carbonyl (C=O) groups is 2. The highest BCUT2D eigenvalue weighted by Gasteiger charge is 2.20. The van der Waals surface area contributed by atoms with Gasteiger partial charge in [-0.25, -0.2) is 0 Å². The molecule has 2 amide bonds. The summed E-state index contributed by atoms with van der Waals surface area (Å²) in [6, 6.07) is 8.88. The molecular weight excluding hydrogens is 290 g/mol. The van der Waals surface area contributed by atoms with Crippen LogP contribution >= 0.6 is 0 Å². The number of hydrazine groups is 1. The second kappa shape index (κ2) is 9.30. The van der Waals surface area contributed by atoms with E-state index in [0.29, 0.717) is 11.8 Å². The van der Waals surface area contributed by atoms with Gasteiger partial charge in [0.1, 0.15) is 6.04 Å². The predicted octanol–water partition coefficient (Wildman–Crippen LogP) is 1.31. The lowest BCUT2D eigenvalue weighted by atomic mass is 9.94. The van der Waals surface area contributed by atoms with Crippen LogP contribution in [0.25, 0.3) is 0 Å². The van der Waals surface area contributed by atoms with Crippen LogP contribution in [0.3, 0.4) is 0 Å². The van der Waals surface area contributed by atoms with E-state index < -0.39 is 0 Å². The van der Waals surface area contributed by atoms with Gasteiger partial charge in [-0.3, -0.25) is 20.4 Å². The first-order valence-corrected chi connectivity index (χ1v) is 8.27. The molecule has 128 valence electrons. The van der Waals surface area contributed by atoms with Crippen LogP contribution in [-0.4, -0.2) is 18.4 Å². The Labute approximate surface area is 139 Å². The molecule has 5 heteroatoms. The normalized spacial score (nSPS) is 12.3. The Bertz CT molecular complexity index is 510. The summed E-state index contributed by atoms with van der Waals surface area (Å²) in [6.07, 6.45) is 1.08. The van der Waals surface area contributed by atoms with Gasteiger partial charge in [0.15, 0.2) is 6.54 Å². The highest BCUT2D eigenvalue weighted by molar-refractivity contribution is 5.81. The van der Waals surface area contributed by atoms with Crippen LogP contribution < -0.4 is 16.2 Å². The van der Waals surface area contributed by atoms with Gasteiger partial charge in [0, 0.05) is 18.4 Å². The monoisotopic (exact) mass is 320 g/mol. The molecule has 5 nitrogen and oxygen atoms in total. The second-order valence-corrected chi connectivity index (χ2v) is 6.78. The summed E-state index contributed by atoms with van der Waals surface area (Å²) < 4.78 is 0. The SMILES string of the molecule is CC(=O)NNC(=O)C[NH2+][C@H](c1ccc(CC(C)C)cc1)C(C)C. The zero-order chi connectivity index (χ0) is 17.4. The summed E-state index contributed by atoms with van der Waals surface area (Å²) in [5.41, 5.74) is 7.26. The molecule has 0 aliphatic heterocycles. The van der Waals surface area contributed by atoms with Gasteiger partial charge in [-0.05, 0) is 17.9 Å². The highest BCUT2D eigenvalue weighted by Crippen LogP contribution is 2.19. The lowest BCUT2D eigenvalue weighted by Gasteiger charge is -2.20. The van der Waals surface area contributed by atoms with E-state index in [1.165, 1.54) is 18.1 Å². The molecule has 23 heavy (non-hydrogen) atoms. The zero-order valence-electron chi connectivity index (χ0n) is 14.8.